The van der Waals surface area contributed by atoms with Crippen LogP contribution in [0.4, 0.5) is 0 Å². The van der Waals surface area contributed by atoms with Crippen molar-refractivity contribution in [3.63, 3.8) is 0 Å². The van der Waals surface area contributed by atoms with Crippen LogP contribution in [0.5, 0.6) is 0 Å². The predicted octanol–water partition coefficient (Wildman–Crippen LogP) is 4.33. The van der Waals surface area contributed by atoms with Gasteiger partial charge >= 0.3 is 0 Å². The molecule has 0 aliphatic rings. The lowest BCUT2D eigenvalue weighted by atomic mass is 9.93. The summed E-state index contributed by atoms with van der Waals surface area (Å²) in [5, 5.41) is 0.994. The maximum Gasteiger partial charge on any atom is 0.167 e. The van der Waals surface area contributed by atoms with E-state index in [2.05, 4.69) is 0 Å². The Morgan fingerprint density at radius 1 is 1.28 bits per heavy atom. The molecule has 0 aliphatic heterocycles. The molecule has 0 heterocycles. The molecule has 0 saturated carbocycles. The zero-order valence-electron chi connectivity index (χ0n) is 10.7. The highest BCUT2D eigenvalue weighted by Gasteiger charge is 2.18. The second kappa shape index (κ2) is 7.13. The molecular formula is C14H19Cl2NO. The molecule has 0 amide bonds. The molecule has 0 saturated heterocycles. The minimum atomic E-state index is -0.0558. The molecule has 0 aliphatic carbocycles. The molecule has 0 bridgehead atoms. The third-order valence-electron chi connectivity index (χ3n) is 2.94. The highest BCUT2D eigenvalue weighted by molar-refractivity contribution is 6.36. The number of ketones is 1. The Kier molecular flexibility index (Phi) is 6.13. The van der Waals surface area contributed by atoms with E-state index in [-0.39, 0.29) is 17.7 Å². The molecule has 2 unspecified atom stereocenters. The molecule has 100 valence electrons. The van der Waals surface area contributed by atoms with E-state index in [1.807, 2.05) is 13.8 Å². The average Bonchev–Trinajstić information content (AvgIpc) is 2.30. The first-order chi connectivity index (χ1) is 8.41. The standard InChI is InChI=1S/C14H19Cl2NO/c1-9(4-3-5-10(2)17)14(18)12-8-11(15)6-7-13(12)16/h6-10H,3-5,17H2,1-2H3. The quantitative estimate of drug-likeness (QED) is 0.792. The van der Waals surface area contributed by atoms with E-state index < -0.39 is 0 Å². The highest BCUT2D eigenvalue weighted by Crippen LogP contribution is 2.25. The second-order valence-electron chi connectivity index (χ2n) is 4.80. The van der Waals surface area contributed by atoms with Gasteiger partial charge in [-0.25, -0.2) is 0 Å². The summed E-state index contributed by atoms with van der Waals surface area (Å²) in [6.07, 6.45) is 2.70. The van der Waals surface area contributed by atoms with Gasteiger partial charge in [0.15, 0.2) is 5.78 Å². The third-order valence-corrected chi connectivity index (χ3v) is 3.50. The SMILES string of the molecule is CC(N)CCCC(C)C(=O)c1cc(Cl)ccc1Cl. The largest absolute Gasteiger partial charge is 0.328 e. The summed E-state index contributed by atoms with van der Waals surface area (Å²) in [6, 6.07) is 5.16. The molecule has 1 aromatic rings. The number of halogens is 2. The molecule has 2 nitrogen and oxygen atoms in total. The van der Waals surface area contributed by atoms with Crippen molar-refractivity contribution in [2.45, 2.75) is 39.2 Å². The maximum atomic E-state index is 12.2. The number of carbonyl (C=O) groups is 1. The van der Waals surface area contributed by atoms with Crippen LogP contribution < -0.4 is 5.73 Å². The number of Topliss-reactive ketones (excluding diaryl/α,β-unsaturated/α-hetero) is 1. The fourth-order valence-electron chi connectivity index (χ4n) is 1.83. The summed E-state index contributed by atoms with van der Waals surface area (Å²) in [7, 11) is 0. The minimum absolute atomic E-state index is 0.0483. The van der Waals surface area contributed by atoms with Gasteiger partial charge in [-0.2, -0.15) is 0 Å². The monoisotopic (exact) mass is 287 g/mol. The molecule has 0 spiro atoms. The van der Waals surface area contributed by atoms with Crippen LogP contribution in [0, 0.1) is 5.92 Å². The normalized spacial score (nSPS) is 14.3. The molecule has 1 aromatic carbocycles. The van der Waals surface area contributed by atoms with Crippen LogP contribution in [0.2, 0.25) is 10.0 Å². The number of carbonyl (C=O) groups excluding carboxylic acids is 1. The zero-order valence-corrected chi connectivity index (χ0v) is 12.3. The van der Waals surface area contributed by atoms with Crippen molar-refractivity contribution < 1.29 is 4.79 Å². The number of hydrogen-bond donors (Lipinski definition) is 1. The molecule has 2 atom stereocenters. The van der Waals surface area contributed by atoms with Gasteiger partial charge < -0.3 is 5.73 Å². The van der Waals surface area contributed by atoms with Crippen LogP contribution >= 0.6 is 23.2 Å². The van der Waals surface area contributed by atoms with Crippen LogP contribution in [0.3, 0.4) is 0 Å². The second-order valence-corrected chi connectivity index (χ2v) is 5.64. The van der Waals surface area contributed by atoms with E-state index in [0.29, 0.717) is 15.6 Å². The molecule has 18 heavy (non-hydrogen) atoms. The summed E-state index contributed by atoms with van der Waals surface area (Å²) in [6.45, 7) is 3.89. The number of nitrogens with two attached hydrogens (primary N) is 1. The van der Waals surface area contributed by atoms with Gasteiger partial charge in [-0.3, -0.25) is 4.79 Å². The lowest BCUT2D eigenvalue weighted by Crippen LogP contribution is -2.16. The van der Waals surface area contributed by atoms with Gasteiger partial charge in [0.2, 0.25) is 0 Å². The van der Waals surface area contributed by atoms with E-state index >= 15 is 0 Å². The van der Waals surface area contributed by atoms with Crippen molar-refractivity contribution >= 4 is 29.0 Å². The number of hydrogen-bond acceptors (Lipinski definition) is 2. The minimum Gasteiger partial charge on any atom is -0.328 e. The Morgan fingerprint density at radius 2 is 1.94 bits per heavy atom. The fourth-order valence-corrected chi connectivity index (χ4v) is 2.21. The Balaban J connectivity index is 2.65. The van der Waals surface area contributed by atoms with Gasteiger partial charge in [-0.1, -0.05) is 36.5 Å². The Morgan fingerprint density at radius 3 is 2.56 bits per heavy atom. The maximum absolute atomic E-state index is 12.2. The molecule has 0 aromatic heterocycles. The van der Waals surface area contributed by atoms with Crippen molar-refractivity contribution in [3.8, 4) is 0 Å². The first-order valence-electron chi connectivity index (χ1n) is 6.16. The van der Waals surface area contributed by atoms with Crippen LogP contribution in [0.25, 0.3) is 0 Å². The smallest absolute Gasteiger partial charge is 0.167 e. The molecular weight excluding hydrogens is 269 g/mol. The third kappa shape index (κ3) is 4.60. The van der Waals surface area contributed by atoms with Crippen molar-refractivity contribution in [1.29, 1.82) is 0 Å². The van der Waals surface area contributed by atoms with Gasteiger partial charge in [-0.15, -0.1) is 0 Å². The molecule has 2 N–H and O–H groups in total. The van der Waals surface area contributed by atoms with Crippen LogP contribution in [-0.2, 0) is 0 Å². The van der Waals surface area contributed by atoms with Gasteiger partial charge in [0, 0.05) is 22.5 Å². The summed E-state index contributed by atoms with van der Waals surface area (Å²) in [5.41, 5.74) is 6.20. The van der Waals surface area contributed by atoms with E-state index in [1.165, 1.54) is 0 Å². The number of benzene rings is 1. The van der Waals surface area contributed by atoms with Crippen molar-refractivity contribution in [2.75, 3.05) is 0 Å². The molecule has 0 fully saturated rings. The van der Waals surface area contributed by atoms with Gasteiger partial charge in [-0.05, 0) is 38.0 Å². The zero-order chi connectivity index (χ0) is 13.7. The van der Waals surface area contributed by atoms with Crippen molar-refractivity contribution in [1.82, 2.24) is 0 Å². The lowest BCUT2D eigenvalue weighted by molar-refractivity contribution is 0.0922. The van der Waals surface area contributed by atoms with E-state index in [1.54, 1.807) is 18.2 Å². The average molecular weight is 288 g/mol. The van der Waals surface area contributed by atoms with Crippen LogP contribution in [-0.4, -0.2) is 11.8 Å². The van der Waals surface area contributed by atoms with E-state index in [4.69, 9.17) is 28.9 Å². The fraction of sp³-hybridized carbons (Fsp3) is 0.500. The molecule has 1 rings (SSSR count). The summed E-state index contributed by atoms with van der Waals surface area (Å²) in [4.78, 5) is 12.2. The predicted molar refractivity (Wildman–Crippen MR) is 77.5 cm³/mol. The highest BCUT2D eigenvalue weighted by atomic mass is 35.5. The summed E-state index contributed by atoms with van der Waals surface area (Å²) in [5.74, 6) is -0.00751. The van der Waals surface area contributed by atoms with E-state index in [9.17, 15) is 4.79 Å². The summed E-state index contributed by atoms with van der Waals surface area (Å²) >= 11 is 11.9. The van der Waals surface area contributed by atoms with E-state index in [0.717, 1.165) is 19.3 Å². The Bertz CT molecular complexity index is 418. The molecule has 0 radical (unpaired) electrons. The van der Waals surface area contributed by atoms with Gasteiger partial charge in [0.1, 0.15) is 0 Å². The summed E-state index contributed by atoms with van der Waals surface area (Å²) < 4.78 is 0. The van der Waals surface area contributed by atoms with Crippen LogP contribution in [0.1, 0.15) is 43.5 Å². The first-order valence-corrected chi connectivity index (χ1v) is 6.92. The Labute approximate surface area is 118 Å². The van der Waals surface area contributed by atoms with Gasteiger partial charge in [0.25, 0.3) is 0 Å². The topological polar surface area (TPSA) is 43.1 Å². The first kappa shape index (κ1) is 15.5. The van der Waals surface area contributed by atoms with Gasteiger partial charge in [0.05, 0.1) is 5.02 Å². The Hall–Kier alpha value is -0.570. The van der Waals surface area contributed by atoms with Crippen molar-refractivity contribution in [3.05, 3.63) is 33.8 Å². The molecule has 4 heteroatoms. The lowest BCUT2D eigenvalue weighted by Gasteiger charge is -2.12. The van der Waals surface area contributed by atoms with Crippen molar-refractivity contribution in [2.24, 2.45) is 11.7 Å². The number of rotatable bonds is 6. The van der Waals surface area contributed by atoms with Crippen LogP contribution in [0.15, 0.2) is 18.2 Å².